The predicted octanol–water partition coefficient (Wildman–Crippen LogP) is 3.24. The fourth-order valence-electron chi connectivity index (χ4n) is 3.47. The summed E-state index contributed by atoms with van der Waals surface area (Å²) in [7, 11) is -7.02. The first-order chi connectivity index (χ1) is 13.7. The average molecular weight is 452 g/mol. The highest BCUT2D eigenvalue weighted by atomic mass is 32.2. The smallest absolute Gasteiger partial charge is 0.243 e. The molecule has 0 atom stereocenters. The number of sulfonamides is 2. The van der Waals surface area contributed by atoms with Gasteiger partial charge in [0.15, 0.2) is 0 Å². The highest BCUT2D eigenvalue weighted by Crippen LogP contribution is 2.35. The van der Waals surface area contributed by atoms with E-state index in [0.29, 0.717) is 18.8 Å². The molecule has 2 aromatic carbocycles. The fraction of sp³-hybridized carbons (Fsp3) is 0.316. The third kappa shape index (κ3) is 4.45. The molecule has 10 heteroatoms. The second-order valence-electron chi connectivity index (χ2n) is 7.10. The Morgan fingerprint density at radius 1 is 1.00 bits per heavy atom. The lowest BCUT2D eigenvalue weighted by molar-refractivity contribution is 0.319. The minimum absolute atomic E-state index is 0.162. The summed E-state index contributed by atoms with van der Waals surface area (Å²) in [6.07, 6.45) is 2.51. The van der Waals surface area contributed by atoms with Crippen LogP contribution in [0.25, 0.3) is 10.2 Å². The van der Waals surface area contributed by atoms with E-state index >= 15 is 0 Å². The number of hydrogen-bond donors (Lipinski definition) is 1. The van der Waals surface area contributed by atoms with Crippen LogP contribution in [0.4, 0.5) is 5.69 Å². The third-order valence-electron chi connectivity index (χ3n) is 4.91. The van der Waals surface area contributed by atoms with Crippen molar-refractivity contribution in [3.63, 3.8) is 0 Å². The van der Waals surface area contributed by atoms with Crippen LogP contribution in [-0.2, 0) is 20.0 Å². The molecule has 154 valence electrons. The van der Waals surface area contributed by atoms with Crippen LogP contribution in [0.15, 0.2) is 53.4 Å². The van der Waals surface area contributed by atoms with Gasteiger partial charge in [-0.1, -0.05) is 12.1 Å². The Bertz CT molecular complexity index is 1190. The zero-order valence-electron chi connectivity index (χ0n) is 15.8. The van der Waals surface area contributed by atoms with Gasteiger partial charge in [-0.05, 0) is 49.2 Å². The highest BCUT2D eigenvalue weighted by molar-refractivity contribution is 7.92. The highest BCUT2D eigenvalue weighted by Gasteiger charge is 2.31. The molecule has 1 N–H and O–H groups in total. The standard InChI is InChI=1S/C19H21N3O4S3/c1-28(23,24)21-15-6-8-16(9-7-15)29(25,26)22-12-10-14(11-13-22)19-20-17-4-2-3-5-18(17)27-19/h2-9,14,21H,10-13H2,1H3. The monoisotopic (exact) mass is 451 g/mol. The van der Waals surface area contributed by atoms with Crippen LogP contribution in [-0.4, -0.2) is 45.5 Å². The largest absolute Gasteiger partial charge is 0.284 e. The number of hydrogen-bond acceptors (Lipinski definition) is 6. The third-order valence-corrected chi connectivity index (χ3v) is 8.63. The molecule has 0 saturated carbocycles. The lowest BCUT2D eigenvalue weighted by atomic mass is 9.99. The van der Waals surface area contributed by atoms with Crippen molar-refractivity contribution in [1.82, 2.24) is 9.29 Å². The Balaban J connectivity index is 1.45. The zero-order valence-corrected chi connectivity index (χ0v) is 18.2. The first-order valence-electron chi connectivity index (χ1n) is 9.16. The van der Waals surface area contributed by atoms with Gasteiger partial charge in [-0.3, -0.25) is 4.72 Å². The van der Waals surface area contributed by atoms with Crippen molar-refractivity contribution in [3.05, 3.63) is 53.5 Å². The fourth-order valence-corrected chi connectivity index (χ4v) is 6.64. The van der Waals surface area contributed by atoms with E-state index in [4.69, 9.17) is 4.98 Å². The van der Waals surface area contributed by atoms with Crippen LogP contribution in [0.2, 0.25) is 0 Å². The van der Waals surface area contributed by atoms with Crippen molar-refractivity contribution in [2.45, 2.75) is 23.7 Å². The summed E-state index contributed by atoms with van der Waals surface area (Å²) in [5.74, 6) is 0.264. The van der Waals surface area contributed by atoms with E-state index in [1.807, 2.05) is 18.2 Å². The SMILES string of the molecule is CS(=O)(=O)Nc1ccc(S(=O)(=O)N2CCC(c3nc4ccccc4s3)CC2)cc1. The van der Waals surface area contributed by atoms with Gasteiger partial charge >= 0.3 is 0 Å². The molecule has 1 aromatic heterocycles. The molecule has 3 aromatic rings. The van der Waals surface area contributed by atoms with Gasteiger partial charge in [0.1, 0.15) is 0 Å². The van der Waals surface area contributed by atoms with E-state index in [2.05, 4.69) is 10.8 Å². The number of rotatable bonds is 5. The number of benzene rings is 2. The Hall–Kier alpha value is -2.01. The van der Waals surface area contributed by atoms with Crippen molar-refractivity contribution >= 4 is 47.3 Å². The van der Waals surface area contributed by atoms with Crippen LogP contribution >= 0.6 is 11.3 Å². The summed E-state index contributed by atoms with van der Waals surface area (Å²) < 4.78 is 53.5. The quantitative estimate of drug-likeness (QED) is 0.642. The topological polar surface area (TPSA) is 96.4 Å². The van der Waals surface area contributed by atoms with Gasteiger partial charge < -0.3 is 0 Å². The van der Waals surface area contributed by atoms with Gasteiger partial charge in [0, 0.05) is 24.7 Å². The van der Waals surface area contributed by atoms with Crippen LogP contribution in [0, 0.1) is 0 Å². The van der Waals surface area contributed by atoms with Crippen molar-refractivity contribution in [1.29, 1.82) is 0 Å². The summed E-state index contributed by atoms with van der Waals surface area (Å²) in [4.78, 5) is 4.88. The number of nitrogens with zero attached hydrogens (tertiary/aromatic N) is 2. The number of para-hydroxylation sites is 1. The summed E-state index contributed by atoms with van der Waals surface area (Å²) in [5.41, 5.74) is 1.33. The van der Waals surface area contributed by atoms with Crippen molar-refractivity contribution < 1.29 is 16.8 Å². The van der Waals surface area contributed by atoms with Crippen molar-refractivity contribution in [2.24, 2.45) is 0 Å². The minimum Gasteiger partial charge on any atom is -0.284 e. The molecule has 0 spiro atoms. The normalized spacial score (nSPS) is 16.9. The van der Waals surface area contributed by atoms with Crippen LogP contribution in [0.1, 0.15) is 23.8 Å². The summed E-state index contributed by atoms with van der Waals surface area (Å²) in [6.45, 7) is 0.874. The zero-order chi connectivity index (χ0) is 20.6. The molecule has 29 heavy (non-hydrogen) atoms. The maximum atomic E-state index is 12.9. The lowest BCUT2D eigenvalue weighted by Crippen LogP contribution is -2.37. The Morgan fingerprint density at radius 2 is 1.66 bits per heavy atom. The molecule has 1 fully saturated rings. The molecule has 1 saturated heterocycles. The van der Waals surface area contributed by atoms with Gasteiger partial charge in [-0.15, -0.1) is 11.3 Å². The Kier molecular flexibility index (Phi) is 5.36. The molecular weight excluding hydrogens is 430 g/mol. The molecule has 7 nitrogen and oxygen atoms in total. The Labute approximate surface area is 174 Å². The van der Waals surface area contributed by atoms with Gasteiger partial charge in [0.25, 0.3) is 0 Å². The van der Waals surface area contributed by atoms with Crippen molar-refractivity contribution in [2.75, 3.05) is 24.1 Å². The van der Waals surface area contributed by atoms with E-state index in [9.17, 15) is 16.8 Å². The van der Waals surface area contributed by atoms with Gasteiger partial charge in [-0.2, -0.15) is 4.31 Å². The van der Waals surface area contributed by atoms with E-state index < -0.39 is 20.0 Å². The first-order valence-corrected chi connectivity index (χ1v) is 13.3. The van der Waals surface area contributed by atoms with E-state index in [1.165, 1.54) is 28.6 Å². The summed E-state index contributed by atoms with van der Waals surface area (Å²) >= 11 is 1.68. The molecule has 1 aliphatic heterocycles. The van der Waals surface area contributed by atoms with Crippen LogP contribution in [0.5, 0.6) is 0 Å². The second kappa shape index (κ2) is 7.67. The number of anilines is 1. The number of thiazole rings is 1. The molecule has 0 aliphatic carbocycles. The summed E-state index contributed by atoms with van der Waals surface area (Å²) in [6, 6.07) is 13.8. The maximum Gasteiger partial charge on any atom is 0.243 e. The van der Waals surface area contributed by atoms with Crippen LogP contribution < -0.4 is 4.72 Å². The van der Waals surface area contributed by atoms with Crippen molar-refractivity contribution in [3.8, 4) is 0 Å². The average Bonchev–Trinajstić information content (AvgIpc) is 3.11. The molecular formula is C19H21N3O4S3. The number of nitrogens with one attached hydrogen (secondary N) is 1. The molecule has 2 heterocycles. The predicted molar refractivity (Wildman–Crippen MR) is 115 cm³/mol. The minimum atomic E-state index is -3.61. The molecule has 0 bridgehead atoms. The first kappa shape index (κ1) is 20.3. The maximum absolute atomic E-state index is 12.9. The molecule has 1 aliphatic rings. The van der Waals surface area contributed by atoms with Gasteiger partial charge in [-0.25, -0.2) is 21.8 Å². The van der Waals surface area contributed by atoms with Gasteiger partial charge in [0.05, 0.1) is 26.4 Å². The lowest BCUT2D eigenvalue weighted by Gasteiger charge is -2.30. The molecule has 0 unspecified atom stereocenters. The number of piperidine rings is 1. The van der Waals surface area contributed by atoms with Crippen LogP contribution in [0.3, 0.4) is 0 Å². The summed E-state index contributed by atoms with van der Waals surface area (Å²) in [5, 5.41) is 1.07. The van der Waals surface area contributed by atoms with E-state index in [1.54, 1.807) is 11.3 Å². The second-order valence-corrected chi connectivity index (χ2v) is 11.8. The molecule has 0 radical (unpaired) electrons. The van der Waals surface area contributed by atoms with E-state index in [-0.39, 0.29) is 10.8 Å². The van der Waals surface area contributed by atoms with Gasteiger partial charge in [0.2, 0.25) is 20.0 Å². The number of fused-ring (bicyclic) bond motifs is 1. The van der Waals surface area contributed by atoms with E-state index in [0.717, 1.165) is 34.3 Å². The number of aromatic nitrogens is 1. The Morgan fingerprint density at radius 3 is 2.28 bits per heavy atom. The molecule has 4 rings (SSSR count). The molecule has 0 amide bonds.